The smallest absolute Gasteiger partial charge is 0.335 e. The molecular formula is C29H22N2O5. The highest BCUT2D eigenvalue weighted by Gasteiger charge is 2.36. The molecule has 0 atom stereocenters. The summed E-state index contributed by atoms with van der Waals surface area (Å²) in [4.78, 5) is 38.8. The number of nitrogens with zero attached hydrogens (tertiary/aromatic N) is 1. The maximum absolute atomic E-state index is 13.1. The van der Waals surface area contributed by atoms with E-state index in [2.05, 4.69) is 23.5 Å². The molecule has 1 heterocycles. The highest BCUT2D eigenvalue weighted by Crippen LogP contribution is 2.31. The molecule has 1 N–H and O–H groups in total. The van der Waals surface area contributed by atoms with Crippen LogP contribution in [-0.2, 0) is 16.2 Å². The van der Waals surface area contributed by atoms with Gasteiger partial charge in [-0.15, -0.1) is 0 Å². The molecule has 0 aromatic heterocycles. The molecule has 1 saturated heterocycles. The zero-order valence-electron chi connectivity index (χ0n) is 19.4. The Morgan fingerprint density at radius 1 is 0.833 bits per heavy atom. The van der Waals surface area contributed by atoms with E-state index in [9.17, 15) is 14.4 Å². The minimum absolute atomic E-state index is 0.162. The highest BCUT2D eigenvalue weighted by atomic mass is 16.5. The third-order valence-electron chi connectivity index (χ3n) is 5.88. The van der Waals surface area contributed by atoms with E-state index in [1.807, 2.05) is 24.3 Å². The van der Waals surface area contributed by atoms with Crippen LogP contribution < -0.4 is 19.7 Å². The second-order valence-electron chi connectivity index (χ2n) is 8.13. The van der Waals surface area contributed by atoms with Crippen LogP contribution in [0.5, 0.6) is 11.5 Å². The van der Waals surface area contributed by atoms with Crippen LogP contribution in [0.3, 0.4) is 0 Å². The van der Waals surface area contributed by atoms with Crippen LogP contribution in [0.2, 0.25) is 0 Å². The van der Waals surface area contributed by atoms with Gasteiger partial charge in [-0.05, 0) is 52.2 Å². The molecule has 7 nitrogen and oxygen atoms in total. The van der Waals surface area contributed by atoms with E-state index in [4.69, 9.17) is 9.47 Å². The molecule has 4 amide bonds. The van der Waals surface area contributed by atoms with E-state index in [-0.39, 0.29) is 5.57 Å². The van der Waals surface area contributed by atoms with Crippen molar-refractivity contribution in [3.05, 3.63) is 108 Å². The molecule has 36 heavy (non-hydrogen) atoms. The van der Waals surface area contributed by atoms with Gasteiger partial charge >= 0.3 is 6.03 Å². The third-order valence-corrected chi connectivity index (χ3v) is 5.88. The van der Waals surface area contributed by atoms with Crippen molar-refractivity contribution in [1.82, 2.24) is 5.32 Å². The third kappa shape index (κ3) is 4.42. The van der Waals surface area contributed by atoms with Gasteiger partial charge in [-0.2, -0.15) is 0 Å². The Bertz CT molecular complexity index is 1510. The number of nitrogens with one attached hydrogen (secondary N) is 1. The van der Waals surface area contributed by atoms with Crippen LogP contribution in [0, 0.1) is 0 Å². The first-order chi connectivity index (χ1) is 17.5. The van der Waals surface area contributed by atoms with Gasteiger partial charge in [0.25, 0.3) is 11.8 Å². The lowest BCUT2D eigenvalue weighted by molar-refractivity contribution is -0.122. The number of anilines is 1. The van der Waals surface area contributed by atoms with E-state index >= 15 is 0 Å². The van der Waals surface area contributed by atoms with Crippen LogP contribution in [0.4, 0.5) is 10.5 Å². The van der Waals surface area contributed by atoms with Crippen LogP contribution >= 0.6 is 0 Å². The maximum atomic E-state index is 13.1. The Balaban J connectivity index is 1.40. The van der Waals surface area contributed by atoms with Gasteiger partial charge in [-0.1, -0.05) is 66.7 Å². The summed E-state index contributed by atoms with van der Waals surface area (Å²) < 4.78 is 11.6. The lowest BCUT2D eigenvalue weighted by Crippen LogP contribution is -2.54. The van der Waals surface area contributed by atoms with Crippen molar-refractivity contribution in [3.63, 3.8) is 0 Å². The standard InChI is InChI=1S/C29H22N2O5/c1-35-26-17-19(14-15-25(26)36-18-21-10-7-9-20-8-5-6-13-23(20)21)16-24-27(32)30-29(34)31(28(24)33)22-11-3-2-4-12-22/h2-17H,18H2,1H3,(H,30,32,34)/b24-16+. The number of imide groups is 2. The summed E-state index contributed by atoms with van der Waals surface area (Å²) in [6, 6.07) is 26.9. The largest absolute Gasteiger partial charge is 0.493 e. The number of hydrogen-bond acceptors (Lipinski definition) is 5. The molecule has 0 spiro atoms. The lowest BCUT2D eigenvalue weighted by atomic mass is 10.1. The normalized spacial score (nSPS) is 14.8. The predicted octanol–water partition coefficient (Wildman–Crippen LogP) is 5.09. The summed E-state index contributed by atoms with van der Waals surface area (Å²) in [5.74, 6) is -0.491. The molecule has 4 aromatic carbocycles. The number of para-hydroxylation sites is 1. The monoisotopic (exact) mass is 478 g/mol. The molecule has 5 rings (SSSR count). The van der Waals surface area contributed by atoms with Crippen LogP contribution in [0.1, 0.15) is 11.1 Å². The summed E-state index contributed by atoms with van der Waals surface area (Å²) in [6.45, 7) is 0.340. The SMILES string of the molecule is COc1cc(/C=C2\C(=O)NC(=O)N(c3ccccc3)C2=O)ccc1OCc1cccc2ccccc12. The van der Waals surface area contributed by atoms with Crippen molar-refractivity contribution in [2.45, 2.75) is 6.61 Å². The Kier molecular flexibility index (Phi) is 6.19. The van der Waals surface area contributed by atoms with Gasteiger partial charge in [-0.3, -0.25) is 14.9 Å². The van der Waals surface area contributed by atoms with E-state index in [1.165, 1.54) is 13.2 Å². The Hall–Kier alpha value is -4.91. The van der Waals surface area contributed by atoms with Gasteiger partial charge in [0.15, 0.2) is 11.5 Å². The number of fused-ring (bicyclic) bond motifs is 1. The molecule has 0 saturated carbocycles. The fourth-order valence-corrected chi connectivity index (χ4v) is 4.10. The van der Waals surface area contributed by atoms with Crippen molar-refractivity contribution in [3.8, 4) is 11.5 Å². The number of carbonyl (C=O) groups excluding carboxylic acids is 3. The van der Waals surface area contributed by atoms with Gasteiger partial charge in [0.1, 0.15) is 12.2 Å². The number of rotatable bonds is 6. The Morgan fingerprint density at radius 3 is 2.39 bits per heavy atom. The number of barbiturate groups is 1. The molecule has 1 aliphatic heterocycles. The second-order valence-corrected chi connectivity index (χ2v) is 8.13. The van der Waals surface area contributed by atoms with E-state index in [0.29, 0.717) is 29.4 Å². The van der Waals surface area contributed by atoms with Crippen molar-refractivity contribution in [2.75, 3.05) is 12.0 Å². The molecule has 4 aromatic rings. The maximum Gasteiger partial charge on any atom is 0.335 e. The molecule has 7 heteroatoms. The van der Waals surface area contributed by atoms with Gasteiger partial charge in [-0.25, -0.2) is 9.69 Å². The average Bonchev–Trinajstić information content (AvgIpc) is 2.90. The lowest BCUT2D eigenvalue weighted by Gasteiger charge is -2.26. The van der Waals surface area contributed by atoms with Crippen LogP contribution in [0.15, 0.2) is 96.6 Å². The molecule has 0 aliphatic carbocycles. The van der Waals surface area contributed by atoms with Gasteiger partial charge in [0.2, 0.25) is 0 Å². The molecule has 0 bridgehead atoms. The summed E-state index contributed by atoms with van der Waals surface area (Å²) in [5, 5.41) is 4.47. The molecule has 1 aliphatic rings. The van der Waals surface area contributed by atoms with Crippen molar-refractivity contribution in [2.24, 2.45) is 0 Å². The van der Waals surface area contributed by atoms with Gasteiger partial charge in [0.05, 0.1) is 12.8 Å². The number of benzene rings is 4. The Morgan fingerprint density at radius 2 is 1.58 bits per heavy atom. The van der Waals surface area contributed by atoms with Crippen molar-refractivity contribution >= 4 is 40.4 Å². The molecular weight excluding hydrogens is 456 g/mol. The Labute approximate surface area is 207 Å². The first-order valence-electron chi connectivity index (χ1n) is 11.3. The quantitative estimate of drug-likeness (QED) is 0.308. The van der Waals surface area contributed by atoms with E-state index < -0.39 is 17.8 Å². The topological polar surface area (TPSA) is 84.9 Å². The minimum Gasteiger partial charge on any atom is -0.493 e. The average molecular weight is 479 g/mol. The first kappa shape index (κ1) is 22.9. The number of carbonyl (C=O) groups is 3. The zero-order valence-corrected chi connectivity index (χ0v) is 19.4. The number of hydrogen-bond donors (Lipinski definition) is 1. The van der Waals surface area contributed by atoms with Crippen molar-refractivity contribution < 1.29 is 23.9 Å². The van der Waals surface area contributed by atoms with E-state index in [1.54, 1.807) is 48.5 Å². The molecule has 178 valence electrons. The second kappa shape index (κ2) is 9.76. The number of urea groups is 1. The highest BCUT2D eigenvalue weighted by molar-refractivity contribution is 6.39. The van der Waals surface area contributed by atoms with Crippen molar-refractivity contribution in [1.29, 1.82) is 0 Å². The first-order valence-corrected chi connectivity index (χ1v) is 11.3. The van der Waals surface area contributed by atoms with Gasteiger partial charge in [0, 0.05) is 0 Å². The number of methoxy groups -OCH3 is 1. The summed E-state index contributed by atoms with van der Waals surface area (Å²) >= 11 is 0. The fraction of sp³-hybridized carbons (Fsp3) is 0.0690. The minimum atomic E-state index is -0.789. The summed E-state index contributed by atoms with van der Waals surface area (Å²) in [6.07, 6.45) is 1.43. The summed E-state index contributed by atoms with van der Waals surface area (Å²) in [5.41, 5.74) is 1.79. The molecule has 0 unspecified atom stereocenters. The fourth-order valence-electron chi connectivity index (χ4n) is 4.10. The summed E-state index contributed by atoms with van der Waals surface area (Å²) in [7, 11) is 1.52. The zero-order chi connectivity index (χ0) is 25.1. The van der Waals surface area contributed by atoms with Gasteiger partial charge < -0.3 is 9.47 Å². The van der Waals surface area contributed by atoms with Crippen LogP contribution in [-0.4, -0.2) is 25.0 Å². The van der Waals surface area contributed by atoms with E-state index in [0.717, 1.165) is 21.2 Å². The predicted molar refractivity (Wildman–Crippen MR) is 137 cm³/mol. The molecule has 1 fully saturated rings. The number of ether oxygens (including phenoxy) is 2. The van der Waals surface area contributed by atoms with Crippen LogP contribution in [0.25, 0.3) is 16.8 Å². The molecule has 0 radical (unpaired) electrons. The number of amides is 4.